The molecular formula is C13H18N2O4. The van der Waals surface area contributed by atoms with Crippen molar-refractivity contribution in [1.29, 1.82) is 0 Å². The average molecular weight is 266 g/mol. The van der Waals surface area contributed by atoms with Gasteiger partial charge in [0, 0.05) is 18.7 Å². The Morgan fingerprint density at radius 3 is 2.58 bits per heavy atom. The molecule has 1 aromatic carbocycles. The largest absolute Gasteiger partial charge is 0.492 e. The predicted molar refractivity (Wildman–Crippen MR) is 69.9 cm³/mol. The van der Waals surface area contributed by atoms with Crippen molar-refractivity contribution in [1.82, 2.24) is 4.90 Å². The minimum Gasteiger partial charge on any atom is -0.492 e. The van der Waals surface area contributed by atoms with Gasteiger partial charge in [-0.2, -0.15) is 0 Å². The number of anilines is 1. The topological polar surface area (TPSA) is 96.0 Å². The van der Waals surface area contributed by atoms with Gasteiger partial charge in [0.1, 0.15) is 5.75 Å². The van der Waals surface area contributed by atoms with Gasteiger partial charge in [0.15, 0.2) is 0 Å². The molecule has 0 spiro atoms. The van der Waals surface area contributed by atoms with E-state index in [1.54, 1.807) is 18.2 Å². The van der Waals surface area contributed by atoms with Crippen LogP contribution >= 0.6 is 0 Å². The first-order valence-electron chi connectivity index (χ1n) is 6.20. The second-order valence-electron chi connectivity index (χ2n) is 4.53. The van der Waals surface area contributed by atoms with Gasteiger partial charge in [0.25, 0.3) is 5.91 Å². The van der Waals surface area contributed by atoms with E-state index in [1.165, 1.54) is 4.90 Å². The molecule has 0 bridgehead atoms. The fourth-order valence-electron chi connectivity index (χ4n) is 2.09. The molecule has 1 fully saturated rings. The van der Waals surface area contributed by atoms with Crippen LogP contribution in [0.4, 0.5) is 5.69 Å². The number of rotatable bonds is 3. The van der Waals surface area contributed by atoms with Crippen molar-refractivity contribution in [2.45, 2.75) is 19.1 Å². The van der Waals surface area contributed by atoms with Gasteiger partial charge in [-0.25, -0.2) is 0 Å². The van der Waals surface area contributed by atoms with Crippen molar-refractivity contribution < 1.29 is 19.7 Å². The third-order valence-electron chi connectivity index (χ3n) is 3.10. The number of nitrogens with zero attached hydrogens (tertiary/aromatic N) is 1. The second-order valence-corrected chi connectivity index (χ2v) is 4.53. The number of likely N-dealkylation sites (tertiary alicyclic amines) is 1. The molecule has 2 atom stereocenters. The Hall–Kier alpha value is -1.79. The Kier molecular flexibility index (Phi) is 3.92. The molecule has 1 aliphatic heterocycles. The molecule has 1 saturated heterocycles. The van der Waals surface area contributed by atoms with E-state index in [0.29, 0.717) is 23.6 Å². The Morgan fingerprint density at radius 2 is 2.05 bits per heavy atom. The smallest absolute Gasteiger partial charge is 0.254 e. The van der Waals surface area contributed by atoms with Crippen molar-refractivity contribution in [3.63, 3.8) is 0 Å². The summed E-state index contributed by atoms with van der Waals surface area (Å²) in [5.74, 6) is 0.283. The normalized spacial score (nSPS) is 22.6. The van der Waals surface area contributed by atoms with Crippen LogP contribution in [-0.4, -0.2) is 52.9 Å². The van der Waals surface area contributed by atoms with E-state index in [0.717, 1.165) is 0 Å². The van der Waals surface area contributed by atoms with Gasteiger partial charge >= 0.3 is 0 Å². The van der Waals surface area contributed by atoms with E-state index >= 15 is 0 Å². The van der Waals surface area contributed by atoms with E-state index in [9.17, 15) is 15.0 Å². The maximum absolute atomic E-state index is 12.2. The number of amides is 1. The zero-order chi connectivity index (χ0) is 14.0. The third kappa shape index (κ3) is 2.80. The van der Waals surface area contributed by atoms with Crippen molar-refractivity contribution in [2.75, 3.05) is 25.4 Å². The minimum absolute atomic E-state index is 0.132. The molecule has 0 aromatic heterocycles. The Balaban J connectivity index is 2.14. The van der Waals surface area contributed by atoms with Crippen LogP contribution in [0.25, 0.3) is 0 Å². The highest BCUT2D eigenvalue weighted by molar-refractivity contribution is 5.95. The number of aliphatic hydroxyl groups is 2. The van der Waals surface area contributed by atoms with Gasteiger partial charge in [-0.1, -0.05) is 0 Å². The van der Waals surface area contributed by atoms with Crippen molar-refractivity contribution in [3.05, 3.63) is 23.8 Å². The maximum Gasteiger partial charge on any atom is 0.254 e. The zero-order valence-corrected chi connectivity index (χ0v) is 10.7. The van der Waals surface area contributed by atoms with E-state index < -0.39 is 12.2 Å². The van der Waals surface area contributed by atoms with Crippen LogP contribution in [0.15, 0.2) is 18.2 Å². The van der Waals surface area contributed by atoms with Crippen LogP contribution in [0.1, 0.15) is 17.3 Å². The summed E-state index contributed by atoms with van der Waals surface area (Å²) in [6, 6.07) is 4.82. The average Bonchev–Trinajstić information content (AvgIpc) is 2.71. The van der Waals surface area contributed by atoms with Gasteiger partial charge in [0.05, 0.1) is 24.5 Å². The van der Waals surface area contributed by atoms with Crippen LogP contribution in [0.2, 0.25) is 0 Å². The van der Waals surface area contributed by atoms with Crippen molar-refractivity contribution in [3.8, 4) is 5.75 Å². The summed E-state index contributed by atoms with van der Waals surface area (Å²) in [5, 5.41) is 18.9. The quantitative estimate of drug-likeness (QED) is 0.661. The number of nitrogen functional groups attached to an aromatic ring is 1. The molecule has 6 heteroatoms. The number of hydrogen-bond acceptors (Lipinski definition) is 5. The molecule has 4 N–H and O–H groups in total. The number of ether oxygens (including phenoxy) is 1. The van der Waals surface area contributed by atoms with E-state index in [4.69, 9.17) is 10.5 Å². The lowest BCUT2D eigenvalue weighted by Gasteiger charge is -2.16. The lowest BCUT2D eigenvalue weighted by molar-refractivity contribution is 0.0572. The molecule has 0 radical (unpaired) electrons. The van der Waals surface area contributed by atoms with E-state index in [1.807, 2.05) is 6.92 Å². The molecule has 1 aromatic rings. The van der Waals surface area contributed by atoms with Crippen LogP contribution in [-0.2, 0) is 0 Å². The molecule has 0 unspecified atom stereocenters. The first-order chi connectivity index (χ1) is 9.02. The van der Waals surface area contributed by atoms with Crippen molar-refractivity contribution in [2.24, 2.45) is 0 Å². The summed E-state index contributed by atoms with van der Waals surface area (Å²) < 4.78 is 5.30. The number of carbonyl (C=O) groups is 1. The van der Waals surface area contributed by atoms with Crippen LogP contribution in [0, 0.1) is 0 Å². The van der Waals surface area contributed by atoms with Crippen LogP contribution < -0.4 is 10.5 Å². The molecular weight excluding hydrogens is 248 g/mol. The third-order valence-corrected chi connectivity index (χ3v) is 3.10. The molecule has 1 aliphatic rings. The first-order valence-corrected chi connectivity index (χ1v) is 6.20. The summed E-state index contributed by atoms with van der Waals surface area (Å²) in [7, 11) is 0. The highest BCUT2D eigenvalue weighted by Gasteiger charge is 2.33. The molecule has 0 saturated carbocycles. The van der Waals surface area contributed by atoms with E-state index in [-0.39, 0.29) is 19.0 Å². The van der Waals surface area contributed by atoms with Gasteiger partial charge in [-0.15, -0.1) is 0 Å². The second kappa shape index (κ2) is 5.46. The molecule has 2 rings (SSSR count). The highest BCUT2D eigenvalue weighted by atomic mass is 16.5. The van der Waals surface area contributed by atoms with Crippen LogP contribution in [0.3, 0.4) is 0 Å². The van der Waals surface area contributed by atoms with Gasteiger partial charge in [0.2, 0.25) is 0 Å². The fraction of sp³-hybridized carbons (Fsp3) is 0.462. The number of benzene rings is 1. The number of nitrogens with two attached hydrogens (primary N) is 1. The summed E-state index contributed by atoms with van der Waals surface area (Å²) in [6.45, 7) is 2.62. The standard InChI is InChI=1S/C13H18N2O4/c1-2-19-12-4-3-8(5-9(12)14)13(18)15-6-10(16)11(17)7-15/h3-5,10-11,16-17H,2,6-7,14H2,1H3/t10-,11+. The first kappa shape index (κ1) is 13.6. The summed E-state index contributed by atoms with van der Waals surface area (Å²) in [6.07, 6.45) is -1.77. The van der Waals surface area contributed by atoms with Gasteiger partial charge in [-0.3, -0.25) is 4.79 Å². The summed E-state index contributed by atoms with van der Waals surface area (Å²) >= 11 is 0. The predicted octanol–water partition coefficient (Wildman–Crippen LogP) is -0.155. The molecule has 104 valence electrons. The minimum atomic E-state index is -0.885. The lowest BCUT2D eigenvalue weighted by atomic mass is 10.1. The summed E-state index contributed by atoms with van der Waals surface area (Å²) in [4.78, 5) is 13.6. The zero-order valence-electron chi connectivity index (χ0n) is 10.7. The number of carbonyl (C=O) groups excluding carboxylic acids is 1. The molecule has 19 heavy (non-hydrogen) atoms. The van der Waals surface area contributed by atoms with E-state index in [2.05, 4.69) is 0 Å². The van der Waals surface area contributed by atoms with Crippen molar-refractivity contribution >= 4 is 11.6 Å². The molecule has 0 aliphatic carbocycles. The maximum atomic E-state index is 12.2. The lowest BCUT2D eigenvalue weighted by Crippen LogP contribution is -2.29. The number of hydrogen-bond donors (Lipinski definition) is 3. The van der Waals surface area contributed by atoms with Gasteiger partial charge in [-0.05, 0) is 25.1 Å². The highest BCUT2D eigenvalue weighted by Crippen LogP contribution is 2.24. The monoisotopic (exact) mass is 266 g/mol. The fourth-order valence-corrected chi connectivity index (χ4v) is 2.09. The van der Waals surface area contributed by atoms with Gasteiger partial charge < -0.3 is 25.6 Å². The Morgan fingerprint density at radius 1 is 1.42 bits per heavy atom. The summed E-state index contributed by atoms with van der Waals surface area (Å²) in [5.41, 5.74) is 6.62. The number of β-amino-alcohol motifs (C(OH)–C–C–N with tert-alkyl or cyclic N) is 2. The number of aliphatic hydroxyl groups excluding tert-OH is 2. The Bertz CT molecular complexity index is 468. The molecule has 6 nitrogen and oxygen atoms in total. The Labute approximate surface area is 111 Å². The molecule has 1 amide bonds. The van der Waals surface area contributed by atoms with Crippen LogP contribution in [0.5, 0.6) is 5.75 Å². The molecule has 1 heterocycles. The SMILES string of the molecule is CCOc1ccc(C(=O)N2C[C@@H](O)[C@@H](O)C2)cc1N.